The Hall–Kier alpha value is -2.39. The minimum Gasteiger partial charge on any atom is -0.467 e. The van der Waals surface area contributed by atoms with Crippen molar-refractivity contribution in [3.8, 4) is 0 Å². The first-order valence-electron chi connectivity index (χ1n) is 8.48. The number of hydrogen-bond acceptors (Lipinski definition) is 6. The van der Waals surface area contributed by atoms with Crippen molar-refractivity contribution in [2.75, 3.05) is 18.4 Å². The lowest BCUT2D eigenvalue weighted by Crippen LogP contribution is -2.35. The minimum atomic E-state index is -3.72. The lowest BCUT2D eigenvalue weighted by Gasteiger charge is -2.26. The fourth-order valence-corrected chi connectivity index (χ4v) is 4.58. The van der Waals surface area contributed by atoms with Crippen LogP contribution in [-0.2, 0) is 10.0 Å². The summed E-state index contributed by atoms with van der Waals surface area (Å²) in [7, 11) is -3.72. The minimum absolute atomic E-state index is 0.0534. The maximum atomic E-state index is 12.8. The first kappa shape index (κ1) is 18.4. The lowest BCUT2D eigenvalue weighted by atomic mass is 10.2. The normalized spacial score (nSPS) is 17.0. The van der Waals surface area contributed by atoms with E-state index < -0.39 is 14.9 Å². The van der Waals surface area contributed by atoms with E-state index in [0.717, 1.165) is 25.3 Å². The van der Waals surface area contributed by atoms with Crippen LogP contribution in [0.1, 0.15) is 38.0 Å². The van der Waals surface area contributed by atoms with Gasteiger partial charge in [0.25, 0.3) is 5.69 Å². The number of nitro groups is 1. The van der Waals surface area contributed by atoms with Gasteiger partial charge in [-0.05, 0) is 44.0 Å². The number of nitrogens with zero attached hydrogens (tertiary/aromatic N) is 2. The molecule has 2 aromatic rings. The summed E-state index contributed by atoms with van der Waals surface area (Å²) in [6.07, 6.45) is 4.14. The van der Waals surface area contributed by atoms with E-state index in [0.29, 0.717) is 18.8 Å². The molecule has 0 radical (unpaired) electrons. The van der Waals surface area contributed by atoms with Crippen molar-refractivity contribution >= 4 is 21.4 Å². The highest BCUT2D eigenvalue weighted by molar-refractivity contribution is 7.89. The molecule has 1 N–H and O–H groups in total. The molecule has 1 aromatic carbocycles. The van der Waals surface area contributed by atoms with Crippen LogP contribution in [0.4, 0.5) is 11.4 Å². The number of rotatable bonds is 6. The van der Waals surface area contributed by atoms with Gasteiger partial charge in [0.05, 0.1) is 22.1 Å². The molecular formula is C17H21N3O5S. The Morgan fingerprint density at radius 3 is 2.58 bits per heavy atom. The Kier molecular flexibility index (Phi) is 5.28. The molecule has 2 heterocycles. The van der Waals surface area contributed by atoms with Gasteiger partial charge in [0.15, 0.2) is 0 Å². The van der Waals surface area contributed by atoms with Crippen molar-refractivity contribution in [3.05, 3.63) is 52.5 Å². The third kappa shape index (κ3) is 3.73. The second-order valence-electron chi connectivity index (χ2n) is 6.28. The largest absolute Gasteiger partial charge is 0.467 e. The molecule has 26 heavy (non-hydrogen) atoms. The van der Waals surface area contributed by atoms with Crippen LogP contribution in [-0.4, -0.2) is 30.7 Å². The molecule has 8 nitrogen and oxygen atoms in total. The standard InChI is InChI=1S/C17H21N3O5S/c1-13(17-6-5-11-25-17)18-15-8-7-14(12-16(15)20(21)22)26(23,24)19-9-3-2-4-10-19/h5-8,11-13,18H,2-4,9-10H2,1H3/t13-/m0/s1. The summed E-state index contributed by atoms with van der Waals surface area (Å²) in [5.41, 5.74) is -0.0296. The lowest BCUT2D eigenvalue weighted by molar-refractivity contribution is -0.384. The van der Waals surface area contributed by atoms with Crippen LogP contribution >= 0.6 is 0 Å². The van der Waals surface area contributed by atoms with Crippen LogP contribution in [0.5, 0.6) is 0 Å². The Labute approximate surface area is 152 Å². The van der Waals surface area contributed by atoms with Gasteiger partial charge in [-0.15, -0.1) is 0 Å². The van der Waals surface area contributed by atoms with Crippen LogP contribution < -0.4 is 5.32 Å². The van der Waals surface area contributed by atoms with Gasteiger partial charge >= 0.3 is 0 Å². The van der Waals surface area contributed by atoms with Crippen LogP contribution in [0.3, 0.4) is 0 Å². The zero-order valence-electron chi connectivity index (χ0n) is 14.4. The van der Waals surface area contributed by atoms with Crippen molar-refractivity contribution in [2.24, 2.45) is 0 Å². The summed E-state index contributed by atoms with van der Waals surface area (Å²) in [6.45, 7) is 2.71. The van der Waals surface area contributed by atoms with Gasteiger partial charge in [0.2, 0.25) is 10.0 Å². The van der Waals surface area contributed by atoms with Crippen molar-refractivity contribution in [1.29, 1.82) is 0 Å². The molecule has 0 spiro atoms. The van der Waals surface area contributed by atoms with E-state index in [1.165, 1.54) is 22.7 Å². The third-order valence-corrected chi connectivity index (χ3v) is 6.36. The van der Waals surface area contributed by atoms with E-state index in [1.807, 2.05) is 0 Å². The highest BCUT2D eigenvalue weighted by Gasteiger charge is 2.29. The second-order valence-corrected chi connectivity index (χ2v) is 8.22. The summed E-state index contributed by atoms with van der Waals surface area (Å²) < 4.78 is 32.2. The highest BCUT2D eigenvalue weighted by Crippen LogP contribution is 2.32. The van der Waals surface area contributed by atoms with E-state index in [4.69, 9.17) is 4.42 Å². The molecule has 1 atom stereocenters. The number of furan rings is 1. The zero-order valence-corrected chi connectivity index (χ0v) is 15.2. The van der Waals surface area contributed by atoms with Gasteiger partial charge in [-0.2, -0.15) is 4.31 Å². The van der Waals surface area contributed by atoms with Gasteiger partial charge in [-0.3, -0.25) is 10.1 Å². The van der Waals surface area contributed by atoms with Crippen molar-refractivity contribution in [1.82, 2.24) is 4.31 Å². The fourth-order valence-electron chi connectivity index (χ4n) is 3.04. The maximum Gasteiger partial charge on any atom is 0.293 e. The molecule has 3 rings (SSSR count). The first-order chi connectivity index (χ1) is 12.4. The Morgan fingerprint density at radius 2 is 1.96 bits per heavy atom. The summed E-state index contributed by atoms with van der Waals surface area (Å²) >= 11 is 0. The molecule has 1 aliphatic rings. The SMILES string of the molecule is C[C@H](Nc1ccc(S(=O)(=O)N2CCCCC2)cc1[N+](=O)[O-])c1ccco1. The van der Waals surface area contributed by atoms with Crippen molar-refractivity contribution < 1.29 is 17.8 Å². The summed E-state index contributed by atoms with van der Waals surface area (Å²) in [5.74, 6) is 0.629. The van der Waals surface area contributed by atoms with E-state index in [-0.39, 0.29) is 22.3 Å². The summed E-state index contributed by atoms with van der Waals surface area (Å²) in [6, 6.07) is 7.17. The van der Waals surface area contributed by atoms with Gasteiger partial charge in [0, 0.05) is 19.2 Å². The number of benzene rings is 1. The Morgan fingerprint density at radius 1 is 1.23 bits per heavy atom. The van der Waals surface area contributed by atoms with E-state index in [1.54, 1.807) is 19.1 Å². The summed E-state index contributed by atoms with van der Waals surface area (Å²) in [4.78, 5) is 10.8. The monoisotopic (exact) mass is 379 g/mol. The predicted octanol–water partition coefficient (Wildman–Crippen LogP) is 3.54. The van der Waals surface area contributed by atoms with E-state index in [2.05, 4.69) is 5.32 Å². The molecule has 1 saturated heterocycles. The number of nitrogens with one attached hydrogen (secondary N) is 1. The first-order valence-corrected chi connectivity index (χ1v) is 9.92. The number of piperidine rings is 1. The topological polar surface area (TPSA) is 106 Å². The van der Waals surface area contributed by atoms with Gasteiger partial charge in [-0.25, -0.2) is 8.42 Å². The number of sulfonamides is 1. The number of hydrogen-bond donors (Lipinski definition) is 1. The Balaban J connectivity index is 1.90. The molecule has 9 heteroatoms. The molecular weight excluding hydrogens is 358 g/mol. The average molecular weight is 379 g/mol. The number of nitro benzene ring substituents is 1. The molecule has 0 saturated carbocycles. The van der Waals surface area contributed by atoms with E-state index in [9.17, 15) is 18.5 Å². The third-order valence-electron chi connectivity index (χ3n) is 4.46. The van der Waals surface area contributed by atoms with Gasteiger partial charge in [0.1, 0.15) is 11.4 Å². The molecule has 0 bridgehead atoms. The second kappa shape index (κ2) is 7.46. The van der Waals surface area contributed by atoms with Gasteiger partial charge in [-0.1, -0.05) is 6.42 Å². The van der Waals surface area contributed by atoms with Crippen LogP contribution in [0.25, 0.3) is 0 Å². The quantitative estimate of drug-likeness (QED) is 0.608. The maximum absolute atomic E-state index is 12.8. The molecule has 1 aliphatic heterocycles. The van der Waals surface area contributed by atoms with Crippen molar-refractivity contribution in [2.45, 2.75) is 37.1 Å². The van der Waals surface area contributed by atoms with Crippen LogP contribution in [0.2, 0.25) is 0 Å². The van der Waals surface area contributed by atoms with E-state index >= 15 is 0 Å². The molecule has 0 aliphatic carbocycles. The zero-order chi connectivity index (χ0) is 18.7. The Bertz CT molecular complexity index is 874. The van der Waals surface area contributed by atoms with Crippen LogP contribution in [0.15, 0.2) is 45.9 Å². The highest BCUT2D eigenvalue weighted by atomic mass is 32.2. The molecule has 0 unspecified atom stereocenters. The molecule has 140 valence electrons. The molecule has 1 fully saturated rings. The average Bonchev–Trinajstić information content (AvgIpc) is 3.17. The van der Waals surface area contributed by atoms with Gasteiger partial charge < -0.3 is 9.73 Å². The van der Waals surface area contributed by atoms with Crippen LogP contribution in [0, 0.1) is 10.1 Å². The summed E-state index contributed by atoms with van der Waals surface area (Å²) in [5, 5.41) is 14.5. The molecule has 0 amide bonds. The molecule has 1 aromatic heterocycles. The van der Waals surface area contributed by atoms with Crippen molar-refractivity contribution in [3.63, 3.8) is 0 Å². The smallest absolute Gasteiger partial charge is 0.293 e. The predicted molar refractivity (Wildman–Crippen MR) is 96.5 cm³/mol. The number of anilines is 1. The fraction of sp³-hybridized carbons (Fsp3) is 0.412.